The van der Waals surface area contributed by atoms with Crippen molar-refractivity contribution < 1.29 is 14.3 Å². The summed E-state index contributed by atoms with van der Waals surface area (Å²) >= 11 is 5.72. The lowest BCUT2D eigenvalue weighted by Gasteiger charge is -2.15. The van der Waals surface area contributed by atoms with Gasteiger partial charge in [-0.25, -0.2) is 0 Å². The highest BCUT2D eigenvalue weighted by Gasteiger charge is 2.12. The van der Waals surface area contributed by atoms with E-state index in [4.69, 9.17) is 21.1 Å². The number of benzene rings is 1. The van der Waals surface area contributed by atoms with Gasteiger partial charge in [-0.15, -0.1) is 11.6 Å². The Kier molecular flexibility index (Phi) is 5.80. The van der Waals surface area contributed by atoms with E-state index in [1.807, 2.05) is 0 Å². The van der Waals surface area contributed by atoms with Gasteiger partial charge in [0.15, 0.2) is 0 Å². The number of hydrogen-bond donors (Lipinski definition) is 1. The van der Waals surface area contributed by atoms with Crippen molar-refractivity contribution in [1.29, 1.82) is 0 Å². The minimum atomic E-state index is -0.194. The number of alkyl halides is 1. The number of ether oxygens (including phenoxy) is 2. The predicted molar refractivity (Wildman–Crippen MR) is 66.8 cm³/mol. The number of methoxy groups -OCH3 is 2. The highest BCUT2D eigenvalue weighted by Crippen LogP contribution is 2.12. The SMILES string of the molecule is COCC(CCl)NC(=O)c1cccc(OC)c1. The van der Waals surface area contributed by atoms with Crippen molar-refractivity contribution >= 4 is 17.5 Å². The lowest BCUT2D eigenvalue weighted by Crippen LogP contribution is -2.39. The quantitative estimate of drug-likeness (QED) is 0.789. The second-order valence-corrected chi connectivity index (χ2v) is 3.82. The smallest absolute Gasteiger partial charge is 0.251 e. The summed E-state index contributed by atoms with van der Waals surface area (Å²) in [6, 6.07) is 6.74. The zero-order valence-corrected chi connectivity index (χ0v) is 10.7. The largest absolute Gasteiger partial charge is 0.497 e. The summed E-state index contributed by atoms with van der Waals surface area (Å²) in [6.07, 6.45) is 0. The Bertz CT molecular complexity index is 371. The summed E-state index contributed by atoms with van der Waals surface area (Å²) in [6.45, 7) is 0.388. The fourth-order valence-electron chi connectivity index (χ4n) is 1.36. The van der Waals surface area contributed by atoms with Crippen LogP contribution in [0.3, 0.4) is 0 Å². The van der Waals surface area contributed by atoms with Crippen molar-refractivity contribution in [3.63, 3.8) is 0 Å². The number of rotatable bonds is 6. The summed E-state index contributed by atoms with van der Waals surface area (Å²) in [5.74, 6) is 0.766. The van der Waals surface area contributed by atoms with Crippen molar-refractivity contribution in [3.05, 3.63) is 29.8 Å². The van der Waals surface area contributed by atoms with Crippen LogP contribution in [0.5, 0.6) is 5.75 Å². The molecule has 0 aromatic heterocycles. The minimum absolute atomic E-state index is 0.188. The molecule has 0 spiro atoms. The molecule has 94 valence electrons. The third kappa shape index (κ3) is 4.24. The molecule has 1 N–H and O–H groups in total. The second kappa shape index (κ2) is 7.14. The summed E-state index contributed by atoms with van der Waals surface area (Å²) in [7, 11) is 3.13. The van der Waals surface area contributed by atoms with Gasteiger partial charge < -0.3 is 14.8 Å². The van der Waals surface area contributed by atoms with Gasteiger partial charge in [0.05, 0.1) is 19.8 Å². The number of carbonyl (C=O) groups is 1. The first-order chi connectivity index (χ1) is 8.21. The molecule has 0 saturated heterocycles. The van der Waals surface area contributed by atoms with Crippen LogP contribution in [0.1, 0.15) is 10.4 Å². The number of halogens is 1. The monoisotopic (exact) mass is 257 g/mol. The van der Waals surface area contributed by atoms with Gasteiger partial charge in [-0.2, -0.15) is 0 Å². The molecule has 0 aliphatic carbocycles. The van der Waals surface area contributed by atoms with Crippen LogP contribution in [-0.2, 0) is 4.74 Å². The van der Waals surface area contributed by atoms with Gasteiger partial charge in [0.25, 0.3) is 5.91 Å². The van der Waals surface area contributed by atoms with Gasteiger partial charge in [0.1, 0.15) is 5.75 Å². The molecule has 17 heavy (non-hydrogen) atoms. The molecule has 4 nitrogen and oxygen atoms in total. The lowest BCUT2D eigenvalue weighted by atomic mass is 10.2. The summed E-state index contributed by atoms with van der Waals surface area (Å²) in [5, 5.41) is 2.78. The van der Waals surface area contributed by atoms with Gasteiger partial charge in [0, 0.05) is 18.6 Å². The number of amides is 1. The maximum absolute atomic E-state index is 11.9. The second-order valence-electron chi connectivity index (χ2n) is 3.51. The van der Waals surface area contributed by atoms with E-state index in [0.29, 0.717) is 23.8 Å². The molecular weight excluding hydrogens is 242 g/mol. The number of carbonyl (C=O) groups excluding carboxylic acids is 1. The maximum Gasteiger partial charge on any atom is 0.251 e. The molecule has 0 aliphatic heterocycles. The Morgan fingerprint density at radius 1 is 1.47 bits per heavy atom. The van der Waals surface area contributed by atoms with Crippen molar-refractivity contribution in [1.82, 2.24) is 5.32 Å². The zero-order valence-electron chi connectivity index (χ0n) is 9.90. The Hall–Kier alpha value is -1.26. The third-order valence-corrected chi connectivity index (χ3v) is 2.59. The molecular formula is C12H16ClNO3. The first kappa shape index (κ1) is 13.8. The van der Waals surface area contributed by atoms with Crippen molar-refractivity contribution in [2.75, 3.05) is 26.7 Å². The molecule has 0 saturated carbocycles. The van der Waals surface area contributed by atoms with Gasteiger partial charge in [-0.1, -0.05) is 6.07 Å². The summed E-state index contributed by atoms with van der Waals surface area (Å²) in [4.78, 5) is 11.9. The van der Waals surface area contributed by atoms with Crippen LogP contribution in [-0.4, -0.2) is 38.7 Å². The molecule has 1 unspecified atom stereocenters. The van der Waals surface area contributed by atoms with Crippen LogP contribution in [0.25, 0.3) is 0 Å². The first-order valence-corrected chi connectivity index (χ1v) is 5.74. The zero-order chi connectivity index (χ0) is 12.7. The molecule has 1 rings (SSSR count). The number of nitrogens with one attached hydrogen (secondary N) is 1. The predicted octanol–water partition coefficient (Wildman–Crippen LogP) is 1.68. The summed E-state index contributed by atoms with van der Waals surface area (Å²) in [5.41, 5.74) is 0.538. The molecule has 1 atom stereocenters. The molecule has 0 heterocycles. The fourth-order valence-corrected chi connectivity index (χ4v) is 1.53. The van der Waals surface area contributed by atoms with Crippen LogP contribution in [0.4, 0.5) is 0 Å². The molecule has 0 bridgehead atoms. The maximum atomic E-state index is 11.9. The Morgan fingerprint density at radius 3 is 2.82 bits per heavy atom. The third-order valence-electron chi connectivity index (χ3n) is 2.22. The van der Waals surface area contributed by atoms with E-state index in [0.717, 1.165) is 0 Å². The van der Waals surface area contributed by atoms with E-state index in [2.05, 4.69) is 5.32 Å². The molecule has 0 fully saturated rings. The van der Waals surface area contributed by atoms with E-state index in [1.165, 1.54) is 0 Å². The van der Waals surface area contributed by atoms with E-state index in [1.54, 1.807) is 38.5 Å². The number of hydrogen-bond acceptors (Lipinski definition) is 3. The molecule has 0 radical (unpaired) electrons. The van der Waals surface area contributed by atoms with Crippen LogP contribution >= 0.6 is 11.6 Å². The highest BCUT2D eigenvalue weighted by atomic mass is 35.5. The van der Waals surface area contributed by atoms with Gasteiger partial charge >= 0.3 is 0 Å². The van der Waals surface area contributed by atoms with E-state index in [-0.39, 0.29) is 11.9 Å². The molecule has 0 aliphatic rings. The van der Waals surface area contributed by atoms with Crippen molar-refractivity contribution in [2.45, 2.75) is 6.04 Å². The van der Waals surface area contributed by atoms with Crippen LogP contribution in [0.15, 0.2) is 24.3 Å². The standard InChI is InChI=1S/C12H16ClNO3/c1-16-8-10(7-13)14-12(15)9-4-3-5-11(6-9)17-2/h3-6,10H,7-8H2,1-2H3,(H,14,15). The molecule has 5 heteroatoms. The average Bonchev–Trinajstić information content (AvgIpc) is 2.38. The fraction of sp³-hybridized carbons (Fsp3) is 0.417. The van der Waals surface area contributed by atoms with Crippen LogP contribution < -0.4 is 10.1 Å². The van der Waals surface area contributed by atoms with Crippen molar-refractivity contribution in [3.8, 4) is 5.75 Å². The molecule has 1 amide bonds. The van der Waals surface area contributed by atoms with Gasteiger partial charge in [-0.05, 0) is 18.2 Å². The van der Waals surface area contributed by atoms with Gasteiger partial charge in [-0.3, -0.25) is 4.79 Å². The average molecular weight is 258 g/mol. The Morgan fingerprint density at radius 2 is 2.24 bits per heavy atom. The highest BCUT2D eigenvalue weighted by molar-refractivity contribution is 6.18. The van der Waals surface area contributed by atoms with Crippen LogP contribution in [0.2, 0.25) is 0 Å². The van der Waals surface area contributed by atoms with E-state index in [9.17, 15) is 4.79 Å². The molecule has 1 aromatic rings. The first-order valence-electron chi connectivity index (χ1n) is 5.21. The topological polar surface area (TPSA) is 47.6 Å². The lowest BCUT2D eigenvalue weighted by molar-refractivity contribution is 0.0906. The van der Waals surface area contributed by atoms with Gasteiger partial charge in [0.2, 0.25) is 0 Å². The minimum Gasteiger partial charge on any atom is -0.497 e. The van der Waals surface area contributed by atoms with Crippen LogP contribution in [0, 0.1) is 0 Å². The van der Waals surface area contributed by atoms with Crippen molar-refractivity contribution in [2.24, 2.45) is 0 Å². The van der Waals surface area contributed by atoms with E-state index < -0.39 is 0 Å². The Labute approximate surface area is 106 Å². The van der Waals surface area contributed by atoms with E-state index >= 15 is 0 Å². The normalized spacial score (nSPS) is 11.9. The molecule has 1 aromatic carbocycles. The Balaban J connectivity index is 2.68. The summed E-state index contributed by atoms with van der Waals surface area (Å²) < 4.78 is 10.0.